The van der Waals surface area contributed by atoms with Crippen molar-refractivity contribution in [1.82, 2.24) is 5.32 Å². The molecule has 2 fully saturated rings. The maximum Gasteiger partial charge on any atom is 0.234 e. The number of imide groups is 1. The minimum Gasteiger partial charge on any atom is -0.381 e. The van der Waals surface area contributed by atoms with Crippen LogP contribution in [0.15, 0.2) is 24.3 Å². The first-order valence-electron chi connectivity index (χ1n) is 6.78. The first-order valence-corrected chi connectivity index (χ1v) is 6.78. The van der Waals surface area contributed by atoms with E-state index in [1.807, 2.05) is 0 Å². The van der Waals surface area contributed by atoms with Gasteiger partial charge >= 0.3 is 0 Å². The van der Waals surface area contributed by atoms with Gasteiger partial charge in [0.15, 0.2) is 0 Å². The lowest BCUT2D eigenvalue weighted by molar-refractivity contribution is -0.143. The normalized spacial score (nSPS) is 25.6. The van der Waals surface area contributed by atoms with E-state index in [1.54, 1.807) is 12.1 Å². The van der Waals surface area contributed by atoms with Crippen LogP contribution in [0.5, 0.6) is 0 Å². The van der Waals surface area contributed by atoms with Crippen molar-refractivity contribution in [3.05, 3.63) is 35.6 Å². The lowest BCUT2D eigenvalue weighted by Gasteiger charge is -2.45. The minimum absolute atomic E-state index is 0.246. The van der Waals surface area contributed by atoms with Gasteiger partial charge in [-0.05, 0) is 36.0 Å². The summed E-state index contributed by atoms with van der Waals surface area (Å²) in [6, 6.07) is 6.09. The number of benzene rings is 1. The molecule has 1 N–H and O–H groups in total. The van der Waals surface area contributed by atoms with Crippen LogP contribution in [-0.2, 0) is 14.3 Å². The van der Waals surface area contributed by atoms with Gasteiger partial charge in [-0.2, -0.15) is 0 Å². The summed E-state index contributed by atoms with van der Waals surface area (Å²) >= 11 is 0. The van der Waals surface area contributed by atoms with Crippen LogP contribution >= 0.6 is 0 Å². The number of rotatable bonds is 1. The average molecular weight is 277 g/mol. The lowest BCUT2D eigenvalue weighted by atomic mass is 9.63. The highest BCUT2D eigenvalue weighted by atomic mass is 19.1. The van der Waals surface area contributed by atoms with E-state index in [2.05, 4.69) is 5.32 Å². The van der Waals surface area contributed by atoms with E-state index in [9.17, 15) is 14.0 Å². The van der Waals surface area contributed by atoms with E-state index in [0.29, 0.717) is 38.0 Å². The van der Waals surface area contributed by atoms with Gasteiger partial charge in [-0.3, -0.25) is 14.9 Å². The summed E-state index contributed by atoms with van der Waals surface area (Å²) in [5, 5.41) is 2.38. The predicted octanol–water partition coefficient (Wildman–Crippen LogP) is 1.75. The van der Waals surface area contributed by atoms with Crippen molar-refractivity contribution in [3.63, 3.8) is 0 Å². The Kier molecular flexibility index (Phi) is 3.30. The molecule has 1 aromatic rings. The summed E-state index contributed by atoms with van der Waals surface area (Å²) in [7, 11) is 0. The van der Waals surface area contributed by atoms with Gasteiger partial charge in [-0.15, -0.1) is 0 Å². The van der Waals surface area contributed by atoms with Crippen LogP contribution in [0.2, 0.25) is 0 Å². The Bertz CT molecular complexity index is 552. The number of amides is 2. The number of ether oxygens (including phenoxy) is 1. The van der Waals surface area contributed by atoms with E-state index in [1.165, 1.54) is 12.1 Å². The topological polar surface area (TPSA) is 55.4 Å². The largest absolute Gasteiger partial charge is 0.381 e. The second kappa shape index (κ2) is 4.98. The number of piperidine rings is 1. The van der Waals surface area contributed by atoms with Crippen molar-refractivity contribution in [2.24, 2.45) is 5.41 Å². The second-order valence-electron chi connectivity index (χ2n) is 5.55. The van der Waals surface area contributed by atoms with E-state index in [4.69, 9.17) is 4.74 Å². The smallest absolute Gasteiger partial charge is 0.234 e. The molecule has 0 bridgehead atoms. The fourth-order valence-electron chi connectivity index (χ4n) is 3.39. The molecule has 1 spiro atoms. The maximum atomic E-state index is 13.5. The van der Waals surface area contributed by atoms with Crippen molar-refractivity contribution >= 4 is 11.8 Å². The van der Waals surface area contributed by atoms with Gasteiger partial charge in [0.1, 0.15) is 5.82 Å². The minimum atomic E-state index is -0.486. The molecule has 1 atom stereocenters. The summed E-state index contributed by atoms with van der Waals surface area (Å²) in [6.45, 7) is 1.07. The third-order valence-electron chi connectivity index (χ3n) is 4.32. The number of carbonyl (C=O) groups excluding carboxylic acids is 2. The zero-order chi connectivity index (χ0) is 14.2. The molecule has 2 aliphatic rings. The van der Waals surface area contributed by atoms with Gasteiger partial charge in [0.05, 0.1) is 5.92 Å². The zero-order valence-corrected chi connectivity index (χ0v) is 11.0. The molecule has 1 unspecified atom stereocenters. The molecule has 5 heteroatoms. The number of nitrogens with one attached hydrogen (secondary N) is 1. The van der Waals surface area contributed by atoms with Gasteiger partial charge in [0.2, 0.25) is 11.8 Å². The van der Waals surface area contributed by atoms with Crippen LogP contribution in [-0.4, -0.2) is 25.0 Å². The van der Waals surface area contributed by atoms with Crippen LogP contribution in [0.25, 0.3) is 0 Å². The van der Waals surface area contributed by atoms with Crippen LogP contribution < -0.4 is 5.32 Å². The van der Waals surface area contributed by atoms with Crippen molar-refractivity contribution in [2.45, 2.75) is 25.2 Å². The van der Waals surface area contributed by atoms with Crippen LogP contribution in [0, 0.1) is 11.2 Å². The maximum absolute atomic E-state index is 13.5. The molecule has 2 aliphatic heterocycles. The molecular formula is C15H16FNO3. The predicted molar refractivity (Wildman–Crippen MR) is 69.4 cm³/mol. The molecule has 2 heterocycles. The van der Waals surface area contributed by atoms with Crippen molar-refractivity contribution < 1.29 is 18.7 Å². The number of hydrogen-bond acceptors (Lipinski definition) is 3. The van der Waals surface area contributed by atoms with E-state index in [0.717, 1.165) is 0 Å². The Morgan fingerprint density at radius 1 is 1.25 bits per heavy atom. The molecule has 1 aromatic carbocycles. The van der Waals surface area contributed by atoms with Gasteiger partial charge in [-0.1, -0.05) is 12.1 Å². The summed E-state index contributed by atoms with van der Waals surface area (Å²) < 4.78 is 18.8. The van der Waals surface area contributed by atoms with E-state index >= 15 is 0 Å². The third-order valence-corrected chi connectivity index (χ3v) is 4.32. The van der Waals surface area contributed by atoms with Crippen LogP contribution in [0.1, 0.15) is 30.7 Å². The fourth-order valence-corrected chi connectivity index (χ4v) is 3.39. The van der Waals surface area contributed by atoms with Crippen molar-refractivity contribution in [3.8, 4) is 0 Å². The molecule has 2 saturated heterocycles. The Labute approximate surface area is 116 Å². The monoisotopic (exact) mass is 277 g/mol. The number of hydrogen-bond donors (Lipinski definition) is 1. The third kappa shape index (κ3) is 2.22. The highest BCUT2D eigenvalue weighted by Gasteiger charge is 2.49. The first-order chi connectivity index (χ1) is 9.61. The highest BCUT2D eigenvalue weighted by Crippen LogP contribution is 2.48. The molecule has 106 valence electrons. The molecule has 0 aliphatic carbocycles. The molecular weight excluding hydrogens is 261 g/mol. The highest BCUT2D eigenvalue weighted by molar-refractivity contribution is 6.02. The lowest BCUT2D eigenvalue weighted by Crippen LogP contribution is -2.52. The van der Waals surface area contributed by atoms with Gasteiger partial charge in [0, 0.05) is 19.6 Å². The molecule has 3 rings (SSSR count). The Morgan fingerprint density at radius 3 is 2.70 bits per heavy atom. The number of halogens is 1. The quantitative estimate of drug-likeness (QED) is 0.796. The molecule has 20 heavy (non-hydrogen) atoms. The molecule has 0 saturated carbocycles. The summed E-state index contributed by atoms with van der Waals surface area (Å²) in [5.41, 5.74) is 0.197. The summed E-state index contributed by atoms with van der Waals surface area (Å²) in [4.78, 5) is 24.0. The van der Waals surface area contributed by atoms with E-state index < -0.39 is 11.3 Å². The molecule has 4 nitrogen and oxygen atoms in total. The SMILES string of the molecule is O=C1CC2(CCOCC2)C(c2cccc(F)c2)C(=O)N1. The fraction of sp³-hybridized carbons (Fsp3) is 0.467. The Morgan fingerprint density at radius 2 is 2.00 bits per heavy atom. The van der Waals surface area contributed by atoms with Crippen LogP contribution in [0.4, 0.5) is 4.39 Å². The van der Waals surface area contributed by atoms with Crippen molar-refractivity contribution in [1.29, 1.82) is 0 Å². The second-order valence-corrected chi connectivity index (χ2v) is 5.55. The first kappa shape index (κ1) is 13.2. The molecule has 0 aromatic heterocycles. The standard InChI is InChI=1S/C15H16FNO3/c16-11-3-1-2-10(8-11)13-14(19)17-12(18)9-15(13)4-6-20-7-5-15/h1-3,8,13H,4-7,9H2,(H,17,18,19). The van der Waals surface area contributed by atoms with Gasteiger partial charge in [0.25, 0.3) is 0 Å². The number of carbonyl (C=O) groups is 2. The van der Waals surface area contributed by atoms with Crippen LogP contribution in [0.3, 0.4) is 0 Å². The molecule has 2 amide bonds. The van der Waals surface area contributed by atoms with E-state index in [-0.39, 0.29) is 17.6 Å². The molecule has 0 radical (unpaired) electrons. The summed E-state index contributed by atoms with van der Waals surface area (Å²) in [6.07, 6.45) is 1.59. The van der Waals surface area contributed by atoms with Gasteiger partial charge in [-0.25, -0.2) is 4.39 Å². The Hall–Kier alpha value is -1.75. The average Bonchev–Trinajstić information content (AvgIpc) is 2.38. The Balaban J connectivity index is 2.03. The summed E-state index contributed by atoms with van der Waals surface area (Å²) in [5.74, 6) is -1.42. The zero-order valence-electron chi connectivity index (χ0n) is 11.0. The van der Waals surface area contributed by atoms with Gasteiger partial charge < -0.3 is 4.74 Å². The van der Waals surface area contributed by atoms with Crippen molar-refractivity contribution in [2.75, 3.05) is 13.2 Å².